The van der Waals surface area contributed by atoms with Crippen molar-refractivity contribution < 1.29 is 17.7 Å². The number of hydrogen-bond donors (Lipinski definition) is 1. The van der Waals surface area contributed by atoms with Gasteiger partial charge in [0.15, 0.2) is 5.76 Å². The average Bonchev–Trinajstić information content (AvgIpc) is 3.13. The quantitative estimate of drug-likeness (QED) is 0.673. The molecule has 4 rings (SSSR count). The van der Waals surface area contributed by atoms with Crippen molar-refractivity contribution in [1.29, 1.82) is 0 Å². The fourth-order valence-corrected chi connectivity index (χ4v) is 7.16. The molecule has 2 aliphatic heterocycles. The molecule has 2 fully saturated rings. The predicted octanol–water partition coefficient (Wildman–Crippen LogP) is 3.54. The van der Waals surface area contributed by atoms with Crippen molar-refractivity contribution in [3.05, 3.63) is 34.7 Å². The smallest absolute Gasteiger partial charge is 0.248 e. The molecule has 2 aromatic rings. The molecular formula is C21H27ClN4O4S2. The molecule has 1 amide bonds. The van der Waals surface area contributed by atoms with Crippen LogP contribution in [0.3, 0.4) is 0 Å². The third-order valence-electron chi connectivity index (χ3n) is 5.89. The lowest BCUT2D eigenvalue weighted by atomic mass is 9.98. The van der Waals surface area contributed by atoms with Crippen LogP contribution < -0.4 is 10.2 Å². The van der Waals surface area contributed by atoms with Crippen LogP contribution in [0, 0.1) is 19.8 Å². The predicted molar refractivity (Wildman–Crippen MR) is 127 cm³/mol. The second-order valence-corrected chi connectivity index (χ2v) is 11.6. The molecule has 1 atom stereocenters. The van der Waals surface area contributed by atoms with E-state index < -0.39 is 15.9 Å². The molecule has 0 aliphatic carbocycles. The third kappa shape index (κ3) is 4.78. The summed E-state index contributed by atoms with van der Waals surface area (Å²) in [5.74, 6) is 1.68. The number of amides is 1. The Morgan fingerprint density at radius 3 is 2.69 bits per heavy atom. The Morgan fingerprint density at radius 2 is 2.00 bits per heavy atom. The largest absolute Gasteiger partial charge is 0.368 e. The number of carbonyl (C=O) groups is 1. The summed E-state index contributed by atoms with van der Waals surface area (Å²) in [6.45, 7) is 5.49. The lowest BCUT2D eigenvalue weighted by molar-refractivity contribution is -0.120. The summed E-state index contributed by atoms with van der Waals surface area (Å²) in [6, 6.07) is 5.52. The molecule has 3 heterocycles. The molecule has 1 aromatic carbocycles. The van der Waals surface area contributed by atoms with Gasteiger partial charge in [-0.25, -0.2) is 8.42 Å². The number of halogens is 1. The molecule has 0 bridgehead atoms. The number of rotatable bonds is 5. The summed E-state index contributed by atoms with van der Waals surface area (Å²) < 4.78 is 32.8. The number of nitrogens with zero attached hydrogens (tertiary/aromatic N) is 3. The Labute approximate surface area is 197 Å². The minimum atomic E-state index is -3.79. The Kier molecular flexibility index (Phi) is 7.04. The highest BCUT2D eigenvalue weighted by molar-refractivity contribution is 7.99. The van der Waals surface area contributed by atoms with Gasteiger partial charge in [-0.3, -0.25) is 4.79 Å². The number of benzene rings is 1. The van der Waals surface area contributed by atoms with Crippen LogP contribution in [-0.4, -0.2) is 61.5 Å². The van der Waals surface area contributed by atoms with Gasteiger partial charge < -0.3 is 14.7 Å². The van der Waals surface area contributed by atoms with Crippen molar-refractivity contribution >= 4 is 50.7 Å². The Bertz CT molecular complexity index is 1080. The second-order valence-electron chi connectivity index (χ2n) is 8.11. The van der Waals surface area contributed by atoms with Gasteiger partial charge in [-0.2, -0.15) is 16.1 Å². The van der Waals surface area contributed by atoms with Crippen LogP contribution in [-0.2, 0) is 14.8 Å². The number of hydrogen-bond acceptors (Lipinski definition) is 7. The van der Waals surface area contributed by atoms with Crippen molar-refractivity contribution in [2.24, 2.45) is 5.92 Å². The Morgan fingerprint density at radius 1 is 1.25 bits per heavy atom. The van der Waals surface area contributed by atoms with E-state index in [0.29, 0.717) is 35.8 Å². The minimum Gasteiger partial charge on any atom is -0.368 e. The van der Waals surface area contributed by atoms with Gasteiger partial charge in [0, 0.05) is 42.7 Å². The zero-order valence-electron chi connectivity index (χ0n) is 18.1. The van der Waals surface area contributed by atoms with Crippen LogP contribution >= 0.6 is 23.4 Å². The first-order valence-electron chi connectivity index (χ1n) is 10.6. The van der Waals surface area contributed by atoms with Gasteiger partial charge >= 0.3 is 0 Å². The molecule has 2 aliphatic rings. The van der Waals surface area contributed by atoms with Gasteiger partial charge in [0.1, 0.15) is 10.6 Å². The van der Waals surface area contributed by atoms with Crippen molar-refractivity contribution in [2.45, 2.75) is 31.6 Å². The molecule has 0 radical (unpaired) electrons. The zero-order valence-corrected chi connectivity index (χ0v) is 20.5. The molecule has 11 heteroatoms. The van der Waals surface area contributed by atoms with E-state index in [4.69, 9.17) is 16.1 Å². The van der Waals surface area contributed by atoms with E-state index in [1.54, 1.807) is 19.9 Å². The molecule has 2 saturated heterocycles. The van der Waals surface area contributed by atoms with Crippen molar-refractivity contribution in [3.8, 4) is 0 Å². The Balaban J connectivity index is 1.52. The van der Waals surface area contributed by atoms with E-state index in [0.717, 1.165) is 30.3 Å². The van der Waals surface area contributed by atoms with Gasteiger partial charge in [-0.1, -0.05) is 16.8 Å². The molecule has 32 heavy (non-hydrogen) atoms. The summed E-state index contributed by atoms with van der Waals surface area (Å²) >= 11 is 8.13. The summed E-state index contributed by atoms with van der Waals surface area (Å²) in [6.07, 6.45) is 1.22. The SMILES string of the molecule is Cc1noc(C)c1S(=O)(=O)N1CCC[C@H](C(=O)Nc2cc(Cl)ccc2N2CCSCC2)C1. The lowest BCUT2D eigenvalue weighted by Crippen LogP contribution is -2.44. The summed E-state index contributed by atoms with van der Waals surface area (Å²) in [5.41, 5.74) is 1.94. The number of anilines is 2. The number of nitrogens with one attached hydrogen (secondary N) is 1. The highest BCUT2D eigenvalue weighted by Gasteiger charge is 2.36. The van der Waals surface area contributed by atoms with E-state index in [1.807, 2.05) is 23.9 Å². The van der Waals surface area contributed by atoms with Gasteiger partial charge in [0.05, 0.1) is 17.3 Å². The maximum Gasteiger partial charge on any atom is 0.248 e. The van der Waals surface area contributed by atoms with Gasteiger partial charge in [-0.15, -0.1) is 0 Å². The highest BCUT2D eigenvalue weighted by atomic mass is 35.5. The molecule has 1 N–H and O–H groups in total. The minimum absolute atomic E-state index is 0.0960. The number of carbonyl (C=O) groups excluding carboxylic acids is 1. The molecule has 8 nitrogen and oxygen atoms in total. The lowest BCUT2D eigenvalue weighted by Gasteiger charge is -2.32. The molecular weight excluding hydrogens is 472 g/mol. The summed E-state index contributed by atoms with van der Waals surface area (Å²) in [7, 11) is -3.79. The molecule has 1 aromatic heterocycles. The zero-order chi connectivity index (χ0) is 22.9. The standard InChI is InChI=1S/C21H27ClN4O4S2/c1-14-20(15(2)30-24-14)32(28,29)26-7-3-4-16(13-26)21(27)23-18-12-17(22)5-6-19(18)25-8-10-31-11-9-25/h5-6,12,16H,3-4,7-11,13H2,1-2H3,(H,23,27)/t16-/m0/s1. The molecule has 174 valence electrons. The molecule has 0 spiro atoms. The Hall–Kier alpha value is -1.75. The fraction of sp³-hybridized carbons (Fsp3) is 0.524. The van der Waals surface area contributed by atoms with Crippen LogP contribution in [0.25, 0.3) is 0 Å². The number of aromatic nitrogens is 1. The van der Waals surface area contributed by atoms with Crippen LogP contribution in [0.1, 0.15) is 24.3 Å². The normalized spacial score (nSPS) is 20.3. The van der Waals surface area contributed by atoms with Crippen LogP contribution in [0.2, 0.25) is 5.02 Å². The number of aryl methyl sites for hydroxylation is 2. The monoisotopic (exact) mass is 498 g/mol. The van der Waals surface area contributed by atoms with Gasteiger partial charge in [-0.05, 0) is 44.9 Å². The average molecular weight is 499 g/mol. The summed E-state index contributed by atoms with van der Waals surface area (Å²) in [5, 5.41) is 7.34. The van der Waals surface area contributed by atoms with Gasteiger partial charge in [0.2, 0.25) is 15.9 Å². The van der Waals surface area contributed by atoms with Crippen LogP contribution in [0.15, 0.2) is 27.6 Å². The highest BCUT2D eigenvalue weighted by Crippen LogP contribution is 2.33. The molecule has 0 unspecified atom stereocenters. The van der Waals surface area contributed by atoms with Crippen molar-refractivity contribution in [2.75, 3.05) is 47.9 Å². The molecule has 0 saturated carbocycles. The maximum absolute atomic E-state index is 13.2. The topological polar surface area (TPSA) is 95.8 Å². The first-order valence-corrected chi connectivity index (χ1v) is 13.6. The summed E-state index contributed by atoms with van der Waals surface area (Å²) in [4.78, 5) is 15.5. The fourth-order valence-electron chi connectivity index (χ4n) is 4.27. The van der Waals surface area contributed by atoms with E-state index in [9.17, 15) is 13.2 Å². The first kappa shape index (κ1) is 23.4. The van der Waals surface area contributed by atoms with Crippen molar-refractivity contribution in [1.82, 2.24) is 9.46 Å². The number of thioether (sulfide) groups is 1. The second kappa shape index (κ2) is 9.62. The van der Waals surface area contributed by atoms with Crippen molar-refractivity contribution in [3.63, 3.8) is 0 Å². The van der Waals surface area contributed by atoms with Crippen LogP contribution in [0.4, 0.5) is 11.4 Å². The van der Waals surface area contributed by atoms with E-state index in [2.05, 4.69) is 15.4 Å². The van der Waals surface area contributed by atoms with E-state index in [1.165, 1.54) is 4.31 Å². The maximum atomic E-state index is 13.2. The first-order chi connectivity index (χ1) is 15.3. The third-order valence-corrected chi connectivity index (χ3v) is 9.18. The van der Waals surface area contributed by atoms with E-state index in [-0.39, 0.29) is 23.1 Å². The van der Waals surface area contributed by atoms with Gasteiger partial charge in [0.25, 0.3) is 0 Å². The number of piperidine rings is 1. The van der Waals surface area contributed by atoms with Crippen LogP contribution in [0.5, 0.6) is 0 Å². The van der Waals surface area contributed by atoms with E-state index >= 15 is 0 Å². The number of sulfonamides is 1.